The van der Waals surface area contributed by atoms with E-state index in [0.29, 0.717) is 5.75 Å². The Kier molecular flexibility index (Phi) is 4.90. The molecule has 0 aromatic heterocycles. The monoisotopic (exact) mass is 318 g/mol. The van der Waals surface area contributed by atoms with Gasteiger partial charge in [-0.3, -0.25) is 14.9 Å². The number of carbonyl (C=O) groups is 1. The summed E-state index contributed by atoms with van der Waals surface area (Å²) in [5, 5.41) is 13.0. The number of aryl methyl sites for hydroxylation is 1. The first-order valence-corrected chi connectivity index (χ1v) is 6.85. The van der Waals surface area contributed by atoms with Gasteiger partial charge in [0.15, 0.2) is 6.10 Å². The van der Waals surface area contributed by atoms with E-state index in [0.717, 1.165) is 23.8 Å². The topological polar surface area (TPSA) is 81.5 Å². The highest BCUT2D eigenvalue weighted by molar-refractivity contribution is 5.94. The molecule has 0 radical (unpaired) electrons. The molecule has 0 bridgehead atoms. The lowest BCUT2D eigenvalue weighted by Gasteiger charge is -2.15. The van der Waals surface area contributed by atoms with Crippen LogP contribution in [0.5, 0.6) is 5.75 Å². The van der Waals surface area contributed by atoms with Crippen molar-refractivity contribution in [2.24, 2.45) is 0 Å². The number of halogens is 1. The van der Waals surface area contributed by atoms with E-state index in [9.17, 15) is 19.3 Å². The molecule has 0 heterocycles. The zero-order valence-corrected chi connectivity index (χ0v) is 12.6. The number of nitrogens with zero attached hydrogens (tertiary/aromatic N) is 1. The highest BCUT2D eigenvalue weighted by atomic mass is 19.1. The number of non-ortho nitro benzene ring substituents is 1. The summed E-state index contributed by atoms with van der Waals surface area (Å²) in [4.78, 5) is 22.1. The molecule has 7 heteroatoms. The maximum atomic E-state index is 13.7. The first-order chi connectivity index (χ1) is 10.9. The molecule has 0 saturated heterocycles. The van der Waals surface area contributed by atoms with Gasteiger partial charge in [-0.2, -0.15) is 0 Å². The zero-order valence-electron chi connectivity index (χ0n) is 12.6. The van der Waals surface area contributed by atoms with Crippen molar-refractivity contribution in [3.8, 4) is 5.75 Å². The average Bonchev–Trinajstić information content (AvgIpc) is 2.49. The second-order valence-corrected chi connectivity index (χ2v) is 4.99. The van der Waals surface area contributed by atoms with Gasteiger partial charge in [0.25, 0.3) is 11.6 Å². The number of nitro groups is 1. The number of hydrogen-bond donors (Lipinski definition) is 1. The maximum Gasteiger partial charge on any atom is 0.271 e. The highest BCUT2D eigenvalue weighted by Crippen LogP contribution is 2.22. The predicted octanol–water partition coefficient (Wildman–Crippen LogP) is 3.45. The van der Waals surface area contributed by atoms with E-state index in [1.165, 1.54) is 6.92 Å². The molecule has 0 aliphatic rings. The second-order valence-electron chi connectivity index (χ2n) is 4.99. The van der Waals surface area contributed by atoms with Crippen molar-refractivity contribution in [2.75, 3.05) is 5.32 Å². The van der Waals surface area contributed by atoms with Crippen LogP contribution in [0.25, 0.3) is 0 Å². The SMILES string of the molecule is Cc1cccc(OC(C)C(=O)Nc2cc([N+](=O)[O-])ccc2F)c1. The molecule has 0 aliphatic heterocycles. The molecule has 1 amide bonds. The van der Waals surface area contributed by atoms with Crippen LogP contribution >= 0.6 is 0 Å². The minimum atomic E-state index is -0.893. The van der Waals surface area contributed by atoms with Crippen molar-refractivity contribution in [2.45, 2.75) is 20.0 Å². The third-order valence-corrected chi connectivity index (χ3v) is 3.09. The van der Waals surface area contributed by atoms with E-state index in [1.54, 1.807) is 18.2 Å². The highest BCUT2D eigenvalue weighted by Gasteiger charge is 2.18. The standard InChI is InChI=1S/C16H15FN2O4/c1-10-4-3-5-13(8-10)23-11(2)16(20)18-15-9-12(19(21)22)6-7-14(15)17/h3-9,11H,1-2H3,(H,18,20). The van der Waals surface area contributed by atoms with Gasteiger partial charge in [0.2, 0.25) is 0 Å². The molecular weight excluding hydrogens is 303 g/mol. The van der Waals surface area contributed by atoms with E-state index in [2.05, 4.69) is 5.32 Å². The van der Waals surface area contributed by atoms with Gasteiger partial charge in [-0.25, -0.2) is 4.39 Å². The van der Waals surface area contributed by atoms with Gasteiger partial charge < -0.3 is 10.1 Å². The zero-order chi connectivity index (χ0) is 17.0. The maximum absolute atomic E-state index is 13.7. The molecule has 1 N–H and O–H groups in total. The van der Waals surface area contributed by atoms with Gasteiger partial charge in [-0.1, -0.05) is 12.1 Å². The van der Waals surface area contributed by atoms with E-state index in [1.807, 2.05) is 13.0 Å². The van der Waals surface area contributed by atoms with Crippen molar-refractivity contribution >= 4 is 17.3 Å². The van der Waals surface area contributed by atoms with Gasteiger partial charge in [0.1, 0.15) is 11.6 Å². The van der Waals surface area contributed by atoms with E-state index < -0.39 is 22.8 Å². The summed E-state index contributed by atoms with van der Waals surface area (Å²) in [6.45, 7) is 3.39. The van der Waals surface area contributed by atoms with Crippen LogP contribution in [0.15, 0.2) is 42.5 Å². The van der Waals surface area contributed by atoms with Crippen LogP contribution in [0.4, 0.5) is 15.8 Å². The van der Waals surface area contributed by atoms with Crippen LogP contribution < -0.4 is 10.1 Å². The molecular formula is C16H15FN2O4. The number of benzene rings is 2. The second kappa shape index (κ2) is 6.87. The van der Waals surface area contributed by atoms with Gasteiger partial charge in [0, 0.05) is 12.1 Å². The van der Waals surface area contributed by atoms with Crippen molar-refractivity contribution in [3.63, 3.8) is 0 Å². The lowest BCUT2D eigenvalue weighted by molar-refractivity contribution is -0.384. The first-order valence-electron chi connectivity index (χ1n) is 6.85. The quantitative estimate of drug-likeness (QED) is 0.676. The molecule has 2 rings (SSSR count). The van der Waals surface area contributed by atoms with Crippen LogP contribution in [0, 0.1) is 22.9 Å². The molecule has 2 aromatic rings. The number of ether oxygens (including phenoxy) is 1. The summed E-state index contributed by atoms with van der Waals surface area (Å²) in [5.41, 5.74) is 0.401. The van der Waals surface area contributed by atoms with E-state index in [4.69, 9.17) is 4.74 Å². The minimum absolute atomic E-state index is 0.260. The number of nitrogens with one attached hydrogen (secondary N) is 1. The predicted molar refractivity (Wildman–Crippen MR) is 83.0 cm³/mol. The molecule has 0 spiro atoms. The van der Waals surface area contributed by atoms with E-state index in [-0.39, 0.29) is 11.4 Å². The lowest BCUT2D eigenvalue weighted by atomic mass is 10.2. The third kappa shape index (κ3) is 4.26. The lowest BCUT2D eigenvalue weighted by Crippen LogP contribution is -2.30. The van der Waals surface area contributed by atoms with Crippen molar-refractivity contribution in [1.82, 2.24) is 0 Å². The molecule has 120 valence electrons. The van der Waals surface area contributed by atoms with Gasteiger partial charge >= 0.3 is 0 Å². The van der Waals surface area contributed by atoms with Crippen LogP contribution in [-0.2, 0) is 4.79 Å². The summed E-state index contributed by atoms with van der Waals surface area (Å²) < 4.78 is 19.1. The molecule has 1 atom stereocenters. The Morgan fingerprint density at radius 2 is 2.04 bits per heavy atom. The van der Waals surface area contributed by atoms with E-state index >= 15 is 0 Å². The number of amides is 1. The fourth-order valence-electron chi connectivity index (χ4n) is 1.90. The minimum Gasteiger partial charge on any atom is -0.481 e. The number of hydrogen-bond acceptors (Lipinski definition) is 4. The number of rotatable bonds is 5. The van der Waals surface area contributed by atoms with Gasteiger partial charge in [0.05, 0.1) is 10.6 Å². The van der Waals surface area contributed by atoms with Crippen molar-refractivity contribution < 1.29 is 18.8 Å². The third-order valence-electron chi connectivity index (χ3n) is 3.09. The Balaban J connectivity index is 2.09. The summed E-state index contributed by atoms with van der Waals surface area (Å²) >= 11 is 0. The number of nitro benzene ring substituents is 1. The smallest absolute Gasteiger partial charge is 0.271 e. The molecule has 23 heavy (non-hydrogen) atoms. The number of carbonyl (C=O) groups excluding carboxylic acids is 1. The van der Waals surface area contributed by atoms with Crippen LogP contribution in [-0.4, -0.2) is 16.9 Å². The van der Waals surface area contributed by atoms with Crippen LogP contribution in [0.3, 0.4) is 0 Å². The summed E-state index contributed by atoms with van der Waals surface area (Å²) in [7, 11) is 0. The fourth-order valence-corrected chi connectivity index (χ4v) is 1.90. The molecule has 0 fully saturated rings. The average molecular weight is 318 g/mol. The first kappa shape index (κ1) is 16.4. The molecule has 2 aromatic carbocycles. The summed E-state index contributed by atoms with van der Waals surface area (Å²) in [6, 6.07) is 10.1. The Hall–Kier alpha value is -2.96. The van der Waals surface area contributed by atoms with Crippen molar-refractivity contribution in [1.29, 1.82) is 0 Å². The molecule has 1 unspecified atom stereocenters. The van der Waals surface area contributed by atoms with Gasteiger partial charge in [-0.05, 0) is 37.6 Å². The Bertz CT molecular complexity index is 749. The van der Waals surface area contributed by atoms with Crippen LogP contribution in [0.2, 0.25) is 0 Å². The summed E-state index contributed by atoms with van der Waals surface area (Å²) in [6.07, 6.45) is -0.893. The fraction of sp³-hybridized carbons (Fsp3) is 0.188. The Morgan fingerprint density at radius 3 is 2.70 bits per heavy atom. The normalized spacial score (nSPS) is 11.6. The largest absolute Gasteiger partial charge is 0.481 e. The Morgan fingerprint density at radius 1 is 1.30 bits per heavy atom. The van der Waals surface area contributed by atoms with Crippen LogP contribution in [0.1, 0.15) is 12.5 Å². The van der Waals surface area contributed by atoms with Crippen molar-refractivity contribution in [3.05, 3.63) is 64.0 Å². The Labute approximate surface area is 132 Å². The van der Waals surface area contributed by atoms with Gasteiger partial charge in [-0.15, -0.1) is 0 Å². The molecule has 0 saturated carbocycles. The molecule has 0 aliphatic carbocycles. The summed E-state index contributed by atoms with van der Waals surface area (Å²) in [5.74, 6) is -0.857. The molecule has 6 nitrogen and oxygen atoms in total. The number of anilines is 1.